The molecule has 0 fully saturated rings. The number of hydrogen-bond donors (Lipinski definition) is 6. The zero-order valence-electron chi connectivity index (χ0n) is 19.7. The van der Waals surface area contributed by atoms with Crippen molar-refractivity contribution in [2.75, 3.05) is 6.61 Å². The second-order valence-electron chi connectivity index (χ2n) is 7.38. The number of nitrogens with two attached hydrogens (primary N) is 3. The van der Waals surface area contributed by atoms with Crippen LogP contribution < -0.4 is 15.4 Å². The predicted molar refractivity (Wildman–Crippen MR) is 137 cm³/mol. The smallest absolute Gasteiger partial charge is 0.335 e. The summed E-state index contributed by atoms with van der Waals surface area (Å²) in [5.74, 6) is -1.11. The van der Waals surface area contributed by atoms with Gasteiger partial charge in [-0.2, -0.15) is 0 Å². The third-order valence-electron chi connectivity index (χ3n) is 4.52. The van der Waals surface area contributed by atoms with Gasteiger partial charge in [0.25, 0.3) is 0 Å². The molecule has 0 amide bonds. The molecule has 3 aromatic rings. The monoisotopic (exact) mass is 589 g/mol. The Morgan fingerprint density at radius 3 is 1.16 bits per heavy atom. The van der Waals surface area contributed by atoms with Crippen LogP contribution >= 0.6 is 0 Å². The van der Waals surface area contributed by atoms with Gasteiger partial charge in [0, 0.05) is 6.61 Å². The predicted octanol–water partition coefficient (Wildman–Crippen LogP) is -0.273. The number of sulfonamides is 3. The molecule has 0 atom stereocenters. The largest absolute Gasteiger partial charge is 0.478 e. The molecule has 0 unspecified atom stereocenters. The molecule has 38 heavy (non-hydrogen) atoms. The summed E-state index contributed by atoms with van der Waals surface area (Å²) in [6, 6.07) is 16.6. The van der Waals surface area contributed by atoms with Crippen LogP contribution in [0.25, 0.3) is 0 Å². The van der Waals surface area contributed by atoms with Gasteiger partial charge in [0.15, 0.2) is 0 Å². The number of benzene rings is 3. The van der Waals surface area contributed by atoms with Crippen LogP contribution in [-0.4, -0.2) is 53.1 Å². The highest BCUT2D eigenvalue weighted by Crippen LogP contribution is 2.10. The molecule has 9 N–H and O–H groups in total. The minimum Gasteiger partial charge on any atom is -0.478 e. The van der Waals surface area contributed by atoms with E-state index in [9.17, 15) is 30.0 Å². The molecule has 16 heteroatoms. The Bertz CT molecular complexity index is 1520. The van der Waals surface area contributed by atoms with Crippen molar-refractivity contribution < 1.29 is 45.4 Å². The standard InChI is InChI=1S/C8H11NO3S.C7H7NO4S.C7H9NO3S/c9-13(11,12)8-3-1-7(2-4-8)5-6-10;8-13(11,12)6-3-1-5(2-4-6)7(9)10;8-12(10,11)7-3-1-6(5-9)2-4-7/h1-4,10H,5-6H2,(H2,9,11,12);1-4H,(H,9,10)(H2,8,11,12);1-4,9H,5H2,(H2,8,10,11). The quantitative estimate of drug-likeness (QED) is 0.210. The van der Waals surface area contributed by atoms with Crippen LogP contribution in [-0.2, 0) is 43.1 Å². The lowest BCUT2D eigenvalue weighted by molar-refractivity contribution is 0.0696. The molecule has 13 nitrogen and oxygen atoms in total. The summed E-state index contributed by atoms with van der Waals surface area (Å²) in [5, 5.41) is 40.3. The maximum Gasteiger partial charge on any atom is 0.335 e. The molecule has 3 rings (SSSR count). The molecule has 0 saturated carbocycles. The van der Waals surface area contributed by atoms with E-state index >= 15 is 0 Å². The van der Waals surface area contributed by atoms with Gasteiger partial charge in [-0.1, -0.05) is 24.3 Å². The Hall–Kier alpha value is -3.22. The summed E-state index contributed by atoms with van der Waals surface area (Å²) in [5.41, 5.74) is 1.56. The first-order chi connectivity index (χ1) is 17.5. The van der Waals surface area contributed by atoms with Gasteiger partial charge >= 0.3 is 5.97 Å². The second kappa shape index (κ2) is 14.1. The van der Waals surface area contributed by atoms with E-state index in [-0.39, 0.29) is 33.5 Å². The van der Waals surface area contributed by atoms with Gasteiger partial charge in [-0.15, -0.1) is 0 Å². The van der Waals surface area contributed by atoms with Crippen molar-refractivity contribution in [2.45, 2.75) is 27.7 Å². The van der Waals surface area contributed by atoms with Crippen LogP contribution in [0.2, 0.25) is 0 Å². The van der Waals surface area contributed by atoms with Crippen molar-refractivity contribution in [3.63, 3.8) is 0 Å². The minimum atomic E-state index is -3.74. The van der Waals surface area contributed by atoms with Crippen LogP contribution in [0.5, 0.6) is 0 Å². The highest BCUT2D eigenvalue weighted by molar-refractivity contribution is 7.89. The number of hydrogen-bond acceptors (Lipinski definition) is 9. The molecule has 0 aliphatic heterocycles. The Labute approximate surface area is 220 Å². The third kappa shape index (κ3) is 11.4. The van der Waals surface area contributed by atoms with Crippen LogP contribution in [0.4, 0.5) is 0 Å². The molecule has 0 heterocycles. The van der Waals surface area contributed by atoms with Gasteiger partial charge in [0.2, 0.25) is 30.1 Å². The second-order valence-corrected chi connectivity index (χ2v) is 12.1. The average molecular weight is 590 g/mol. The van der Waals surface area contributed by atoms with Crippen molar-refractivity contribution in [1.29, 1.82) is 0 Å². The summed E-state index contributed by atoms with van der Waals surface area (Å²) in [7, 11) is -10.9. The molecule has 0 aliphatic carbocycles. The van der Waals surface area contributed by atoms with Gasteiger partial charge in [0.1, 0.15) is 0 Å². The third-order valence-corrected chi connectivity index (χ3v) is 7.30. The molecule has 0 saturated heterocycles. The molecule has 0 radical (unpaired) electrons. The number of aliphatic hydroxyl groups is 2. The van der Waals surface area contributed by atoms with E-state index in [1.54, 1.807) is 12.1 Å². The van der Waals surface area contributed by atoms with E-state index in [2.05, 4.69) is 0 Å². The summed E-state index contributed by atoms with van der Waals surface area (Å²) < 4.78 is 64.6. The first kappa shape index (κ1) is 32.8. The fourth-order valence-electron chi connectivity index (χ4n) is 2.55. The molecule has 3 aromatic carbocycles. The van der Waals surface area contributed by atoms with Gasteiger partial charge < -0.3 is 15.3 Å². The fraction of sp³-hybridized carbons (Fsp3) is 0.136. The maximum absolute atomic E-state index is 10.8. The topological polar surface area (TPSA) is 258 Å². The molecule has 0 aromatic heterocycles. The molecule has 208 valence electrons. The van der Waals surface area contributed by atoms with Gasteiger partial charge in [-0.05, 0) is 66.1 Å². The first-order valence-corrected chi connectivity index (χ1v) is 14.9. The van der Waals surface area contributed by atoms with Crippen LogP contribution in [0.1, 0.15) is 21.5 Å². The highest BCUT2D eigenvalue weighted by Gasteiger charge is 2.09. The Morgan fingerprint density at radius 1 is 0.579 bits per heavy atom. The van der Waals surface area contributed by atoms with Crippen molar-refractivity contribution in [3.8, 4) is 0 Å². The summed E-state index contributed by atoms with van der Waals surface area (Å²) in [4.78, 5) is 10.4. The van der Waals surface area contributed by atoms with E-state index in [0.29, 0.717) is 12.0 Å². The highest BCUT2D eigenvalue weighted by atomic mass is 32.2. The van der Waals surface area contributed by atoms with Crippen LogP contribution in [0.3, 0.4) is 0 Å². The number of carbonyl (C=O) groups is 1. The minimum absolute atomic E-state index is 0.0207. The summed E-state index contributed by atoms with van der Waals surface area (Å²) >= 11 is 0. The number of carboxylic acid groups (broad SMARTS) is 1. The van der Waals surface area contributed by atoms with Crippen LogP contribution in [0, 0.1) is 0 Å². The van der Waals surface area contributed by atoms with Gasteiger partial charge in [-0.25, -0.2) is 45.5 Å². The number of aliphatic hydroxyl groups excluding tert-OH is 2. The average Bonchev–Trinajstić information content (AvgIpc) is 2.84. The number of rotatable bonds is 7. The van der Waals surface area contributed by atoms with E-state index in [0.717, 1.165) is 17.7 Å². The fourth-order valence-corrected chi connectivity index (χ4v) is 4.09. The molecular formula is C22H27N3O10S3. The summed E-state index contributed by atoms with van der Waals surface area (Å²) in [6.45, 7) is -0.0559. The lowest BCUT2D eigenvalue weighted by atomic mass is 10.2. The zero-order valence-corrected chi connectivity index (χ0v) is 22.2. The van der Waals surface area contributed by atoms with Crippen molar-refractivity contribution in [3.05, 3.63) is 89.5 Å². The Balaban J connectivity index is 0.000000285. The van der Waals surface area contributed by atoms with Crippen LogP contribution in [0.15, 0.2) is 87.5 Å². The molecule has 0 spiro atoms. The molecular weight excluding hydrogens is 562 g/mol. The number of carboxylic acids is 1. The Kier molecular flexibility index (Phi) is 12.2. The van der Waals surface area contributed by atoms with E-state index in [4.69, 9.17) is 30.7 Å². The molecule has 0 aliphatic rings. The van der Waals surface area contributed by atoms with E-state index < -0.39 is 36.0 Å². The maximum atomic E-state index is 10.8. The van der Waals surface area contributed by atoms with Crippen molar-refractivity contribution in [1.82, 2.24) is 0 Å². The lowest BCUT2D eigenvalue weighted by Gasteiger charge is -2.00. The zero-order chi connectivity index (χ0) is 29.1. The number of primary sulfonamides is 3. The SMILES string of the molecule is NS(=O)(=O)c1ccc(C(=O)O)cc1.NS(=O)(=O)c1ccc(CCO)cc1.NS(=O)(=O)c1ccc(CO)cc1. The lowest BCUT2D eigenvalue weighted by Crippen LogP contribution is -2.12. The summed E-state index contributed by atoms with van der Waals surface area (Å²) in [6.07, 6.45) is 0.519. The molecule has 0 bridgehead atoms. The van der Waals surface area contributed by atoms with E-state index in [1.165, 1.54) is 48.5 Å². The van der Waals surface area contributed by atoms with Gasteiger partial charge in [-0.3, -0.25) is 0 Å². The number of aromatic carboxylic acids is 1. The van der Waals surface area contributed by atoms with Crippen molar-refractivity contribution in [2.24, 2.45) is 15.4 Å². The normalized spacial score (nSPS) is 11.4. The van der Waals surface area contributed by atoms with E-state index in [1.807, 2.05) is 0 Å². The van der Waals surface area contributed by atoms with Gasteiger partial charge in [0.05, 0.1) is 26.9 Å². The Morgan fingerprint density at radius 2 is 0.895 bits per heavy atom. The first-order valence-electron chi connectivity index (χ1n) is 10.3. The van der Waals surface area contributed by atoms with Crippen molar-refractivity contribution >= 4 is 36.0 Å².